The Morgan fingerprint density at radius 1 is 1.46 bits per heavy atom. The lowest BCUT2D eigenvalue weighted by atomic mass is 10.1. The summed E-state index contributed by atoms with van der Waals surface area (Å²) >= 11 is 0. The third-order valence-electron chi connectivity index (χ3n) is 4.72. The summed E-state index contributed by atoms with van der Waals surface area (Å²) in [6.07, 6.45) is 6.14. The molecule has 1 N–H and O–H groups in total. The van der Waals surface area contributed by atoms with Crippen molar-refractivity contribution in [1.29, 1.82) is 0 Å². The lowest BCUT2D eigenvalue weighted by Crippen LogP contribution is -2.51. The third kappa shape index (κ3) is 4.49. The van der Waals surface area contributed by atoms with Gasteiger partial charge < -0.3 is 14.8 Å². The quantitative estimate of drug-likeness (QED) is 0.838. The molecule has 1 atom stereocenters. The number of amides is 1. The standard InChI is InChI=1S/C17H29N5O.ClH/c1-13(2)11-22(14-4-5-14)16(23)12-21-9-6-18-10-15(21)17-19-7-8-20(17)3;/h7-8,13-15,18H,4-6,9-12H2,1-3H3;1H. The molecule has 0 bridgehead atoms. The van der Waals surface area contributed by atoms with E-state index in [0.717, 1.165) is 32.0 Å². The van der Waals surface area contributed by atoms with Crippen molar-refractivity contribution in [3.8, 4) is 0 Å². The van der Waals surface area contributed by atoms with Gasteiger partial charge in [0.15, 0.2) is 0 Å². The Morgan fingerprint density at radius 3 is 2.79 bits per heavy atom. The highest BCUT2D eigenvalue weighted by Crippen LogP contribution is 2.28. The Balaban J connectivity index is 0.00000208. The van der Waals surface area contributed by atoms with E-state index >= 15 is 0 Å². The first-order valence-corrected chi connectivity index (χ1v) is 8.77. The van der Waals surface area contributed by atoms with Gasteiger partial charge in [-0.25, -0.2) is 4.98 Å². The molecule has 1 amide bonds. The largest absolute Gasteiger partial charge is 0.338 e. The number of aryl methyl sites for hydroxylation is 1. The van der Waals surface area contributed by atoms with Crippen LogP contribution in [0.5, 0.6) is 0 Å². The molecule has 7 heteroatoms. The number of rotatable bonds is 6. The van der Waals surface area contributed by atoms with Crippen LogP contribution in [0.2, 0.25) is 0 Å². The summed E-state index contributed by atoms with van der Waals surface area (Å²) in [5, 5.41) is 3.43. The number of imidazole rings is 1. The first-order valence-electron chi connectivity index (χ1n) is 8.77. The topological polar surface area (TPSA) is 53.4 Å². The van der Waals surface area contributed by atoms with Crippen LogP contribution in [0.1, 0.15) is 38.6 Å². The van der Waals surface area contributed by atoms with E-state index in [1.54, 1.807) is 0 Å². The average Bonchev–Trinajstić information content (AvgIpc) is 3.27. The van der Waals surface area contributed by atoms with Gasteiger partial charge in [-0.1, -0.05) is 13.8 Å². The molecule has 3 rings (SSSR count). The van der Waals surface area contributed by atoms with E-state index in [4.69, 9.17) is 0 Å². The Morgan fingerprint density at radius 2 is 2.21 bits per heavy atom. The number of nitrogens with one attached hydrogen (secondary N) is 1. The molecule has 1 saturated heterocycles. The molecule has 1 aliphatic heterocycles. The van der Waals surface area contributed by atoms with Gasteiger partial charge >= 0.3 is 0 Å². The van der Waals surface area contributed by atoms with Crippen LogP contribution in [-0.2, 0) is 11.8 Å². The van der Waals surface area contributed by atoms with Crippen molar-refractivity contribution < 1.29 is 4.79 Å². The second-order valence-electron chi connectivity index (χ2n) is 7.26. The molecule has 2 heterocycles. The predicted octanol–water partition coefficient (Wildman–Crippen LogP) is 1.44. The van der Waals surface area contributed by atoms with Crippen molar-refractivity contribution in [1.82, 2.24) is 24.7 Å². The molecule has 2 aliphatic rings. The monoisotopic (exact) mass is 355 g/mol. The van der Waals surface area contributed by atoms with Crippen LogP contribution in [0.25, 0.3) is 0 Å². The number of carbonyl (C=O) groups is 1. The summed E-state index contributed by atoms with van der Waals surface area (Å²) in [5.74, 6) is 1.84. The van der Waals surface area contributed by atoms with Crippen molar-refractivity contribution in [2.75, 3.05) is 32.7 Å². The van der Waals surface area contributed by atoms with Gasteiger partial charge in [0.1, 0.15) is 5.82 Å². The molecule has 0 aromatic carbocycles. The second kappa shape index (κ2) is 8.32. The third-order valence-corrected chi connectivity index (χ3v) is 4.72. The summed E-state index contributed by atoms with van der Waals surface area (Å²) in [7, 11) is 2.02. The predicted molar refractivity (Wildman–Crippen MR) is 97.2 cm³/mol. The van der Waals surface area contributed by atoms with Gasteiger partial charge in [-0.2, -0.15) is 0 Å². The van der Waals surface area contributed by atoms with Gasteiger partial charge in [-0.3, -0.25) is 9.69 Å². The maximum atomic E-state index is 12.9. The first-order chi connectivity index (χ1) is 11.1. The molecule has 0 spiro atoms. The Bertz CT molecular complexity index is 543. The smallest absolute Gasteiger partial charge is 0.237 e. The van der Waals surface area contributed by atoms with Crippen LogP contribution in [0.3, 0.4) is 0 Å². The lowest BCUT2D eigenvalue weighted by molar-refractivity contribution is -0.134. The summed E-state index contributed by atoms with van der Waals surface area (Å²) in [6.45, 7) is 8.43. The normalized spacial score (nSPS) is 21.6. The van der Waals surface area contributed by atoms with Gasteiger partial charge in [0, 0.05) is 51.7 Å². The molecule has 1 unspecified atom stereocenters. The number of carbonyl (C=O) groups excluding carboxylic acids is 1. The first kappa shape index (κ1) is 19.2. The fourth-order valence-electron chi connectivity index (χ4n) is 3.39. The average molecular weight is 356 g/mol. The number of hydrogen-bond donors (Lipinski definition) is 1. The molecular formula is C17H30ClN5O. The number of nitrogens with zero attached hydrogens (tertiary/aromatic N) is 4. The highest BCUT2D eigenvalue weighted by molar-refractivity contribution is 5.85. The molecule has 1 aliphatic carbocycles. The zero-order valence-corrected chi connectivity index (χ0v) is 15.8. The molecule has 0 radical (unpaired) electrons. The fraction of sp³-hybridized carbons (Fsp3) is 0.765. The highest BCUT2D eigenvalue weighted by Gasteiger charge is 2.35. The number of halogens is 1. The van der Waals surface area contributed by atoms with Crippen LogP contribution < -0.4 is 5.32 Å². The Labute approximate surface area is 151 Å². The van der Waals surface area contributed by atoms with E-state index in [-0.39, 0.29) is 24.4 Å². The molecule has 136 valence electrons. The van der Waals surface area contributed by atoms with E-state index in [2.05, 4.69) is 38.5 Å². The highest BCUT2D eigenvalue weighted by atomic mass is 35.5. The summed E-state index contributed by atoms with van der Waals surface area (Å²) in [4.78, 5) is 21.8. The fourth-order valence-corrected chi connectivity index (χ4v) is 3.39. The number of hydrogen-bond acceptors (Lipinski definition) is 4. The zero-order valence-electron chi connectivity index (χ0n) is 14.9. The van der Waals surface area contributed by atoms with Gasteiger partial charge in [0.05, 0.1) is 12.6 Å². The van der Waals surface area contributed by atoms with Crippen LogP contribution in [0.4, 0.5) is 0 Å². The van der Waals surface area contributed by atoms with E-state index in [9.17, 15) is 4.79 Å². The molecule has 1 saturated carbocycles. The summed E-state index contributed by atoms with van der Waals surface area (Å²) in [6, 6.07) is 0.659. The van der Waals surface area contributed by atoms with Crippen molar-refractivity contribution in [2.24, 2.45) is 13.0 Å². The van der Waals surface area contributed by atoms with Crippen molar-refractivity contribution in [3.05, 3.63) is 18.2 Å². The minimum absolute atomic E-state index is 0. The summed E-state index contributed by atoms with van der Waals surface area (Å²) in [5.41, 5.74) is 0. The van der Waals surface area contributed by atoms with Crippen LogP contribution >= 0.6 is 12.4 Å². The van der Waals surface area contributed by atoms with Crippen LogP contribution in [-0.4, -0.2) is 64.0 Å². The van der Waals surface area contributed by atoms with Crippen LogP contribution in [0, 0.1) is 5.92 Å². The van der Waals surface area contributed by atoms with Gasteiger partial charge in [0.25, 0.3) is 0 Å². The van der Waals surface area contributed by atoms with Crippen molar-refractivity contribution >= 4 is 18.3 Å². The molecule has 6 nitrogen and oxygen atoms in total. The summed E-state index contributed by atoms with van der Waals surface area (Å²) < 4.78 is 2.06. The van der Waals surface area contributed by atoms with Gasteiger partial charge in [0.2, 0.25) is 5.91 Å². The SMILES string of the molecule is CC(C)CN(C(=O)CN1CCNCC1c1nccn1C)C1CC1.Cl. The minimum atomic E-state index is 0. The number of aromatic nitrogens is 2. The maximum absolute atomic E-state index is 12.9. The Hall–Kier alpha value is -1.11. The molecule has 1 aromatic rings. The van der Waals surface area contributed by atoms with E-state index in [1.807, 2.05) is 19.4 Å². The van der Waals surface area contributed by atoms with E-state index < -0.39 is 0 Å². The van der Waals surface area contributed by atoms with E-state index in [0.29, 0.717) is 18.5 Å². The second-order valence-corrected chi connectivity index (χ2v) is 7.26. The van der Waals surface area contributed by atoms with Crippen molar-refractivity contribution in [2.45, 2.75) is 38.8 Å². The van der Waals surface area contributed by atoms with Gasteiger partial charge in [-0.05, 0) is 18.8 Å². The molecule has 2 fully saturated rings. The molecule has 24 heavy (non-hydrogen) atoms. The van der Waals surface area contributed by atoms with Crippen molar-refractivity contribution in [3.63, 3.8) is 0 Å². The van der Waals surface area contributed by atoms with Gasteiger partial charge in [-0.15, -0.1) is 12.4 Å². The lowest BCUT2D eigenvalue weighted by Gasteiger charge is -2.36. The number of piperazine rings is 1. The zero-order chi connectivity index (χ0) is 16.4. The maximum Gasteiger partial charge on any atom is 0.237 e. The Kier molecular flexibility index (Phi) is 6.66. The molecule has 1 aromatic heterocycles. The molecular weight excluding hydrogens is 326 g/mol. The van der Waals surface area contributed by atoms with E-state index in [1.165, 1.54) is 12.8 Å². The minimum Gasteiger partial charge on any atom is -0.338 e. The van der Waals surface area contributed by atoms with Crippen LogP contribution in [0.15, 0.2) is 12.4 Å².